The van der Waals surface area contributed by atoms with Crippen LogP contribution in [0.3, 0.4) is 0 Å². The number of nitrogens with one attached hydrogen (secondary N) is 3. The maximum absolute atomic E-state index is 14.2. The van der Waals surface area contributed by atoms with Crippen LogP contribution >= 0.6 is 0 Å². The van der Waals surface area contributed by atoms with Crippen LogP contribution in [0.2, 0.25) is 0 Å². The second-order valence-corrected chi connectivity index (χ2v) is 16.6. The lowest BCUT2D eigenvalue weighted by atomic mass is 9.45. The van der Waals surface area contributed by atoms with E-state index in [4.69, 9.17) is 9.57 Å². The molecule has 4 aliphatic rings. The number of benzene rings is 2. The Bertz CT molecular complexity index is 1630. The zero-order valence-electron chi connectivity index (χ0n) is 32.9. The number of aliphatic hydroxyl groups excluding tert-OH is 2. The maximum Gasteiger partial charge on any atom is 0.251 e. The summed E-state index contributed by atoms with van der Waals surface area (Å²) in [6.45, 7) is 12.9. The fraction of sp³-hybridized carbons (Fsp3) is 0.634. The van der Waals surface area contributed by atoms with Crippen LogP contribution in [-0.4, -0.2) is 98.2 Å². The number of carbonyl (C=O) groups excluding carboxylic acids is 3. The second-order valence-electron chi connectivity index (χ2n) is 16.6. The molecule has 6 rings (SSSR count). The molecular weight excluding hydrogens is 674 g/mol. The number of hydrogen-bond donors (Lipinski definition) is 5. The topological polar surface area (TPSA) is 153 Å². The number of rotatable bonds is 15. The first kappa shape index (κ1) is 40.5. The summed E-state index contributed by atoms with van der Waals surface area (Å²) in [5.41, 5.74) is 3.77. The van der Waals surface area contributed by atoms with Crippen LogP contribution in [0, 0.1) is 35.0 Å². The van der Waals surface area contributed by atoms with Gasteiger partial charge in [0.15, 0.2) is 0 Å². The average molecular weight is 736 g/mol. The minimum Gasteiger partial charge on any atom is -0.496 e. The Morgan fingerprint density at radius 1 is 1.08 bits per heavy atom. The quantitative estimate of drug-likeness (QED) is 0.171. The van der Waals surface area contributed by atoms with Gasteiger partial charge < -0.3 is 35.8 Å². The van der Waals surface area contributed by atoms with Crippen LogP contribution in [0.5, 0.6) is 5.75 Å². The van der Waals surface area contributed by atoms with Crippen LogP contribution in [0.25, 0.3) is 11.1 Å². The van der Waals surface area contributed by atoms with Crippen molar-refractivity contribution >= 4 is 23.4 Å². The van der Waals surface area contributed by atoms with Crippen LogP contribution < -0.4 is 25.6 Å². The molecule has 1 heterocycles. The highest BCUT2D eigenvalue weighted by molar-refractivity contribution is 5.97. The molecule has 292 valence electrons. The normalized spacial score (nSPS) is 26.8. The number of hydrogen-bond acceptors (Lipinski definition) is 9. The number of amides is 3. The molecule has 5 N–H and O–H groups in total. The van der Waals surface area contributed by atoms with Crippen molar-refractivity contribution in [3.63, 3.8) is 0 Å². The van der Waals surface area contributed by atoms with Gasteiger partial charge in [-0.15, -0.1) is 0 Å². The Labute approximate surface area is 314 Å². The van der Waals surface area contributed by atoms with Gasteiger partial charge in [0.1, 0.15) is 17.9 Å². The summed E-state index contributed by atoms with van der Waals surface area (Å²) in [6, 6.07) is 10.5. The number of fused-ring (bicyclic) bond motifs is 2. The van der Waals surface area contributed by atoms with Gasteiger partial charge in [-0.1, -0.05) is 52.8 Å². The first-order chi connectivity index (χ1) is 25.1. The largest absolute Gasteiger partial charge is 0.496 e. The highest BCUT2D eigenvalue weighted by Crippen LogP contribution is 2.61. The van der Waals surface area contributed by atoms with Gasteiger partial charge in [-0.2, -0.15) is 5.06 Å². The van der Waals surface area contributed by atoms with E-state index in [2.05, 4.69) is 36.7 Å². The zero-order valence-corrected chi connectivity index (χ0v) is 32.9. The summed E-state index contributed by atoms with van der Waals surface area (Å²) >= 11 is 0. The van der Waals surface area contributed by atoms with Crippen molar-refractivity contribution in [1.82, 2.24) is 21.0 Å². The number of nitrogens with zero attached hydrogens (tertiary/aromatic N) is 2. The fourth-order valence-electron chi connectivity index (χ4n) is 8.91. The van der Waals surface area contributed by atoms with Crippen molar-refractivity contribution < 1.29 is 34.2 Å². The number of aliphatic hydroxyl groups is 2. The molecule has 4 fully saturated rings. The highest BCUT2D eigenvalue weighted by Gasteiger charge is 2.57. The summed E-state index contributed by atoms with van der Waals surface area (Å²) < 4.78 is 6.03. The van der Waals surface area contributed by atoms with Gasteiger partial charge in [0.25, 0.3) is 5.91 Å². The number of hydroxylamine groups is 2. The van der Waals surface area contributed by atoms with Crippen molar-refractivity contribution in [3.05, 3.63) is 47.5 Å². The standard InChI is InChI=1S/C41H61N5O7/c1-23(2)15-35(49)42-13-14-43-39(50)28-16-27(17-30(18-28)45(7)8)31-12-10-11-26(38(31)52-9)21-46-37(36(25(4)48)34(22-47)53-46)40(51)44-33-20-29-19-32(24(33)3)41(29,5)6/h10-12,16-18,23-25,29,32-34,36-37,47-48H,13-15,19-22H2,1-9H3,(H,42,49)(H,43,50)(H,44,51)/t24-,25-,29+,32-,33?,34-,36+,37-/m0/s1. The predicted octanol–water partition coefficient (Wildman–Crippen LogP) is 3.98. The number of methoxy groups -OCH3 is 1. The summed E-state index contributed by atoms with van der Waals surface area (Å²) in [4.78, 5) is 47.8. The van der Waals surface area contributed by atoms with Gasteiger partial charge in [-0.25, -0.2) is 0 Å². The van der Waals surface area contributed by atoms with Crippen molar-refractivity contribution in [2.45, 2.75) is 91.6 Å². The van der Waals surface area contributed by atoms with E-state index < -0.39 is 24.2 Å². The van der Waals surface area contributed by atoms with Gasteiger partial charge in [0.05, 0.1) is 26.4 Å². The molecular formula is C41H61N5O7. The number of carbonyl (C=O) groups is 3. The first-order valence-corrected chi connectivity index (χ1v) is 19.1. The molecule has 1 saturated heterocycles. The van der Waals surface area contributed by atoms with E-state index in [0.717, 1.165) is 28.8 Å². The lowest BCUT2D eigenvalue weighted by Crippen LogP contribution is -2.62. The van der Waals surface area contributed by atoms with Crippen molar-refractivity contribution in [2.75, 3.05) is 45.8 Å². The molecule has 3 aliphatic carbocycles. The average Bonchev–Trinajstić information content (AvgIpc) is 3.48. The third-order valence-electron chi connectivity index (χ3n) is 12.0. The highest BCUT2D eigenvalue weighted by atomic mass is 16.7. The number of para-hydroxylation sites is 1. The molecule has 3 saturated carbocycles. The van der Waals surface area contributed by atoms with Gasteiger partial charge in [-0.3, -0.25) is 19.2 Å². The third kappa shape index (κ3) is 8.66. The lowest BCUT2D eigenvalue weighted by Gasteiger charge is -2.62. The molecule has 2 aromatic rings. The van der Waals surface area contributed by atoms with E-state index >= 15 is 0 Å². The molecule has 2 bridgehead atoms. The Balaban J connectivity index is 1.39. The summed E-state index contributed by atoms with van der Waals surface area (Å²) in [7, 11) is 5.40. The minimum absolute atomic E-state index is 0.0285. The van der Waals surface area contributed by atoms with Crippen LogP contribution in [0.4, 0.5) is 5.69 Å². The maximum atomic E-state index is 14.2. The predicted molar refractivity (Wildman–Crippen MR) is 205 cm³/mol. The summed E-state index contributed by atoms with van der Waals surface area (Å²) in [5, 5.41) is 31.9. The third-order valence-corrected chi connectivity index (χ3v) is 12.0. The van der Waals surface area contributed by atoms with E-state index in [1.807, 2.05) is 69.2 Å². The van der Waals surface area contributed by atoms with Crippen molar-refractivity contribution in [2.24, 2.45) is 35.0 Å². The molecule has 53 heavy (non-hydrogen) atoms. The molecule has 0 spiro atoms. The Morgan fingerprint density at radius 3 is 2.40 bits per heavy atom. The van der Waals surface area contributed by atoms with Crippen molar-refractivity contribution in [3.8, 4) is 16.9 Å². The Hall–Kier alpha value is -3.71. The van der Waals surface area contributed by atoms with Gasteiger partial charge in [-0.05, 0) is 72.6 Å². The van der Waals surface area contributed by atoms with Crippen molar-refractivity contribution in [1.29, 1.82) is 0 Å². The van der Waals surface area contributed by atoms with E-state index in [0.29, 0.717) is 42.0 Å². The fourth-order valence-corrected chi connectivity index (χ4v) is 8.91. The SMILES string of the molecule is COc1c(CN2O[C@@H](CO)[C@@H]([C@H](C)O)[C@H]2C(=O)NC2C[C@H]3C[C@@H]([C@@H]2C)C3(C)C)cccc1-c1cc(C(=O)NCCNC(=O)CC(C)C)cc(N(C)C)c1. The van der Waals surface area contributed by atoms with Gasteiger partial charge >= 0.3 is 0 Å². The first-order valence-electron chi connectivity index (χ1n) is 19.1. The number of anilines is 1. The molecule has 1 unspecified atom stereocenters. The lowest BCUT2D eigenvalue weighted by molar-refractivity contribution is -0.183. The molecule has 2 aromatic carbocycles. The zero-order chi connectivity index (χ0) is 38.8. The van der Waals surface area contributed by atoms with Crippen LogP contribution in [0.1, 0.15) is 76.7 Å². The summed E-state index contributed by atoms with van der Waals surface area (Å²) in [6.07, 6.45) is 0.872. The Morgan fingerprint density at radius 2 is 1.79 bits per heavy atom. The molecule has 8 atom stereocenters. The molecule has 0 aromatic heterocycles. The van der Waals surface area contributed by atoms with Crippen LogP contribution in [-0.2, 0) is 21.0 Å². The van der Waals surface area contributed by atoms with Crippen LogP contribution in [0.15, 0.2) is 36.4 Å². The van der Waals surface area contributed by atoms with E-state index in [-0.39, 0.29) is 54.8 Å². The van der Waals surface area contributed by atoms with Gasteiger partial charge in [0, 0.05) is 67.9 Å². The monoisotopic (exact) mass is 735 g/mol. The molecule has 12 heteroatoms. The number of ether oxygens (including phenoxy) is 1. The van der Waals surface area contributed by atoms with E-state index in [1.54, 1.807) is 19.1 Å². The molecule has 3 amide bonds. The molecule has 0 radical (unpaired) electrons. The van der Waals surface area contributed by atoms with E-state index in [9.17, 15) is 24.6 Å². The molecule has 12 nitrogen and oxygen atoms in total. The summed E-state index contributed by atoms with van der Waals surface area (Å²) in [5.74, 6) is 1.06. The van der Waals surface area contributed by atoms with E-state index in [1.165, 1.54) is 6.42 Å². The second kappa shape index (κ2) is 16.8. The van der Waals surface area contributed by atoms with Gasteiger partial charge in [0.2, 0.25) is 11.8 Å². The Kier molecular flexibility index (Phi) is 12.8. The smallest absolute Gasteiger partial charge is 0.251 e. The minimum atomic E-state index is -0.910. The molecule has 1 aliphatic heterocycles.